The van der Waals surface area contributed by atoms with Crippen LogP contribution >= 0.6 is 0 Å². The molecule has 0 radical (unpaired) electrons. The third kappa shape index (κ3) is 2.39. The second-order valence-corrected chi connectivity index (χ2v) is 6.10. The lowest BCUT2D eigenvalue weighted by atomic mass is 9.88. The molecule has 0 spiro atoms. The Hall–Kier alpha value is -1.35. The van der Waals surface area contributed by atoms with E-state index < -0.39 is 0 Å². The Morgan fingerprint density at radius 2 is 2.05 bits per heavy atom. The second-order valence-electron chi connectivity index (χ2n) is 6.10. The van der Waals surface area contributed by atoms with Gasteiger partial charge in [-0.15, -0.1) is 0 Å². The normalized spacial score (nSPS) is 22.4. The maximum absolute atomic E-state index is 12.3. The van der Waals surface area contributed by atoms with Gasteiger partial charge in [0.15, 0.2) is 0 Å². The minimum absolute atomic E-state index is 0.113. The van der Waals surface area contributed by atoms with Gasteiger partial charge in [0.2, 0.25) is 5.91 Å². The van der Waals surface area contributed by atoms with Crippen LogP contribution in [0.1, 0.15) is 56.1 Å². The van der Waals surface area contributed by atoms with Gasteiger partial charge >= 0.3 is 0 Å². The second kappa shape index (κ2) is 4.64. The van der Waals surface area contributed by atoms with Crippen LogP contribution < -0.4 is 11.1 Å². The van der Waals surface area contributed by atoms with E-state index in [1.165, 1.54) is 6.42 Å². The van der Waals surface area contributed by atoms with Crippen molar-refractivity contribution in [3.8, 4) is 0 Å². The van der Waals surface area contributed by atoms with E-state index in [0.717, 1.165) is 36.8 Å². The predicted octanol–water partition coefficient (Wildman–Crippen LogP) is 2.41. The topological polar surface area (TPSA) is 55.1 Å². The van der Waals surface area contributed by atoms with Crippen molar-refractivity contribution in [1.29, 1.82) is 0 Å². The monoisotopic (exact) mass is 258 g/mol. The Balaban J connectivity index is 1.78. The van der Waals surface area contributed by atoms with Gasteiger partial charge in [-0.25, -0.2) is 0 Å². The minimum atomic E-state index is -0.179. The van der Waals surface area contributed by atoms with Crippen molar-refractivity contribution in [2.75, 3.05) is 0 Å². The molecule has 3 nitrogen and oxygen atoms in total. The van der Waals surface area contributed by atoms with Gasteiger partial charge in [-0.05, 0) is 50.2 Å². The number of nitrogens with two attached hydrogens (primary N) is 1. The molecule has 0 aromatic heterocycles. The quantitative estimate of drug-likeness (QED) is 0.871. The molecule has 2 saturated carbocycles. The standard InChI is InChI=1S/C16H22N2O/c1-11(15(19)18-12-5-4-6-12)13-7-2-3-8-14(13)16(17)9-10-16/h2-3,7-8,11-12H,4-6,9-10,17H2,1H3,(H,18,19). The van der Waals surface area contributed by atoms with E-state index in [1.54, 1.807) is 0 Å². The number of hydrogen-bond acceptors (Lipinski definition) is 2. The summed E-state index contributed by atoms with van der Waals surface area (Å²) >= 11 is 0. The molecule has 0 aliphatic heterocycles. The highest BCUT2D eigenvalue weighted by Gasteiger charge is 2.42. The highest BCUT2D eigenvalue weighted by Crippen LogP contribution is 2.45. The number of hydrogen-bond donors (Lipinski definition) is 2. The third-order valence-corrected chi connectivity index (χ3v) is 4.60. The number of benzene rings is 1. The van der Waals surface area contributed by atoms with Crippen LogP contribution in [0.2, 0.25) is 0 Å². The van der Waals surface area contributed by atoms with Crippen molar-refractivity contribution in [2.24, 2.45) is 5.73 Å². The van der Waals surface area contributed by atoms with E-state index in [-0.39, 0.29) is 17.4 Å². The van der Waals surface area contributed by atoms with Gasteiger partial charge in [-0.1, -0.05) is 24.3 Å². The molecule has 2 fully saturated rings. The first-order valence-corrected chi connectivity index (χ1v) is 7.29. The fraction of sp³-hybridized carbons (Fsp3) is 0.562. The molecule has 1 unspecified atom stereocenters. The van der Waals surface area contributed by atoms with Gasteiger partial charge in [-0.3, -0.25) is 4.79 Å². The lowest BCUT2D eigenvalue weighted by Gasteiger charge is -2.28. The highest BCUT2D eigenvalue weighted by atomic mass is 16.1. The highest BCUT2D eigenvalue weighted by molar-refractivity contribution is 5.84. The van der Waals surface area contributed by atoms with Crippen molar-refractivity contribution < 1.29 is 4.79 Å². The van der Waals surface area contributed by atoms with Crippen molar-refractivity contribution in [3.05, 3.63) is 35.4 Å². The van der Waals surface area contributed by atoms with Crippen molar-refractivity contribution in [1.82, 2.24) is 5.32 Å². The molecule has 3 heteroatoms. The summed E-state index contributed by atoms with van der Waals surface area (Å²) in [7, 11) is 0. The van der Waals surface area contributed by atoms with Crippen LogP contribution in [0, 0.1) is 0 Å². The lowest BCUT2D eigenvalue weighted by Crippen LogP contribution is -2.41. The Morgan fingerprint density at radius 1 is 1.37 bits per heavy atom. The Morgan fingerprint density at radius 3 is 2.63 bits per heavy atom. The molecule has 2 aliphatic carbocycles. The number of amides is 1. The van der Waals surface area contributed by atoms with Gasteiger partial charge in [-0.2, -0.15) is 0 Å². The molecule has 1 amide bonds. The maximum atomic E-state index is 12.3. The van der Waals surface area contributed by atoms with Crippen LogP contribution in [-0.4, -0.2) is 11.9 Å². The molecule has 0 heterocycles. The van der Waals surface area contributed by atoms with Crippen LogP contribution in [0.5, 0.6) is 0 Å². The van der Waals surface area contributed by atoms with Gasteiger partial charge in [0.05, 0.1) is 5.92 Å². The van der Waals surface area contributed by atoms with Crippen molar-refractivity contribution in [3.63, 3.8) is 0 Å². The third-order valence-electron chi connectivity index (χ3n) is 4.60. The average molecular weight is 258 g/mol. The number of nitrogens with one attached hydrogen (secondary N) is 1. The average Bonchev–Trinajstić information content (AvgIpc) is 3.12. The Bertz CT molecular complexity index is 489. The van der Waals surface area contributed by atoms with Gasteiger partial charge in [0, 0.05) is 11.6 Å². The molecule has 102 valence electrons. The molecule has 2 aliphatic rings. The van der Waals surface area contributed by atoms with Crippen LogP contribution in [0.3, 0.4) is 0 Å². The summed E-state index contributed by atoms with van der Waals surface area (Å²) in [5.41, 5.74) is 8.39. The number of carbonyl (C=O) groups is 1. The summed E-state index contributed by atoms with van der Waals surface area (Å²) < 4.78 is 0. The van der Waals surface area contributed by atoms with Gasteiger partial charge in [0.1, 0.15) is 0 Å². The summed E-state index contributed by atoms with van der Waals surface area (Å²) in [6.45, 7) is 1.98. The summed E-state index contributed by atoms with van der Waals surface area (Å²) in [6.07, 6.45) is 5.55. The van der Waals surface area contributed by atoms with Gasteiger partial charge in [0.25, 0.3) is 0 Å². The van der Waals surface area contributed by atoms with E-state index >= 15 is 0 Å². The molecule has 3 N–H and O–H groups in total. The molecule has 19 heavy (non-hydrogen) atoms. The van der Waals surface area contributed by atoms with Crippen LogP contribution in [0.4, 0.5) is 0 Å². The zero-order valence-corrected chi connectivity index (χ0v) is 11.5. The summed E-state index contributed by atoms with van der Waals surface area (Å²) in [4.78, 5) is 12.3. The molecule has 0 bridgehead atoms. The number of rotatable bonds is 4. The largest absolute Gasteiger partial charge is 0.353 e. The summed E-state index contributed by atoms with van der Waals surface area (Å²) in [5.74, 6) is 0.0271. The maximum Gasteiger partial charge on any atom is 0.227 e. The van der Waals surface area contributed by atoms with E-state index in [0.29, 0.717) is 6.04 Å². The molecule has 1 atom stereocenters. The van der Waals surface area contributed by atoms with Crippen LogP contribution in [0.15, 0.2) is 24.3 Å². The number of carbonyl (C=O) groups excluding carboxylic acids is 1. The first-order valence-electron chi connectivity index (χ1n) is 7.29. The Labute approximate surface area is 114 Å². The summed E-state index contributed by atoms with van der Waals surface area (Å²) in [5, 5.41) is 3.13. The zero-order chi connectivity index (χ0) is 13.5. The summed E-state index contributed by atoms with van der Waals surface area (Å²) in [6, 6.07) is 8.54. The van der Waals surface area contributed by atoms with Crippen LogP contribution in [0.25, 0.3) is 0 Å². The fourth-order valence-corrected chi connectivity index (χ4v) is 2.75. The zero-order valence-electron chi connectivity index (χ0n) is 11.5. The molecular formula is C16H22N2O. The van der Waals surface area contributed by atoms with E-state index in [4.69, 9.17) is 5.73 Å². The van der Waals surface area contributed by atoms with E-state index in [2.05, 4.69) is 11.4 Å². The molecule has 1 aromatic carbocycles. The smallest absolute Gasteiger partial charge is 0.227 e. The molecule has 3 rings (SSSR count). The van der Waals surface area contributed by atoms with E-state index in [9.17, 15) is 4.79 Å². The lowest BCUT2D eigenvalue weighted by molar-refractivity contribution is -0.123. The fourth-order valence-electron chi connectivity index (χ4n) is 2.75. The van der Waals surface area contributed by atoms with E-state index in [1.807, 2.05) is 25.1 Å². The minimum Gasteiger partial charge on any atom is -0.353 e. The Kier molecular flexibility index (Phi) is 3.09. The first kappa shape index (κ1) is 12.7. The molecule has 1 aromatic rings. The molecule has 0 saturated heterocycles. The first-order chi connectivity index (χ1) is 9.10. The van der Waals surface area contributed by atoms with Gasteiger partial charge < -0.3 is 11.1 Å². The van der Waals surface area contributed by atoms with Crippen molar-refractivity contribution in [2.45, 2.75) is 56.5 Å². The van der Waals surface area contributed by atoms with Crippen LogP contribution in [-0.2, 0) is 10.3 Å². The van der Waals surface area contributed by atoms with Crippen molar-refractivity contribution >= 4 is 5.91 Å². The predicted molar refractivity (Wildman–Crippen MR) is 75.7 cm³/mol. The molecular weight excluding hydrogens is 236 g/mol. The SMILES string of the molecule is CC(C(=O)NC1CCC1)c1ccccc1C1(N)CC1.